The van der Waals surface area contributed by atoms with E-state index in [0.29, 0.717) is 22.9 Å². The standard InChI is InChI=1S/C66H42N4OSi.Pt/c1-5-21-46(22-6-1)52-31-19-32-53(47-23-7-2-8-24-47)65(52)68-45-69-61-44-49(71-48-38-40-56-54-29-14-16-35-59(54)70(60(56)43-48)64-37-17-18-42-67-64)39-41-62(61)72(50-25-9-3-10-26-50,51-27-11-4-12-28-51)63-36-20-33-57(66(63)69)55-30-13-15-34-58(55)68;/h1-42H;/q-2;/i1D,2D,5D,6D,7D,8D,21D,22D,23D,24D;. The summed E-state index contributed by atoms with van der Waals surface area (Å²) in [7, 11) is -3.41. The summed E-state index contributed by atoms with van der Waals surface area (Å²) in [6.45, 7) is 0. The van der Waals surface area contributed by atoms with E-state index < -0.39 is 68.5 Å². The summed E-state index contributed by atoms with van der Waals surface area (Å²) in [4.78, 5) is 6.67. The largest absolute Gasteiger partial charge is 0.510 e. The zero-order valence-corrected chi connectivity index (χ0v) is 41.8. The molecule has 7 heteroatoms. The SMILES string of the molecule is [2H]c1c([2H])c([2H])c(-c2cccc(-c3c([2H])c([2H])c([2H])c([2H])c3[2H])c2[N+]2=[C-]N3c4[c-]c(Oc5[c-]c6c(cc5)c5ccccc5n6-c5ccccn5)ccc4[Si](c4ccccc4)(c4ccccc4)c4cccc(c43)-c3ccccc32)c([2H])c1[2H].[Pt]. The van der Waals surface area contributed by atoms with Gasteiger partial charge in [0.15, 0.2) is 0 Å². The van der Waals surface area contributed by atoms with Gasteiger partial charge in [0.2, 0.25) is 0 Å². The van der Waals surface area contributed by atoms with E-state index in [0.717, 1.165) is 65.2 Å². The number of rotatable bonds is 8. The van der Waals surface area contributed by atoms with Crippen molar-refractivity contribution >= 4 is 79.7 Å². The van der Waals surface area contributed by atoms with Crippen LogP contribution >= 0.6 is 0 Å². The van der Waals surface area contributed by atoms with Gasteiger partial charge in [-0.1, -0.05) is 216 Å². The molecule has 0 bridgehead atoms. The number of pyridine rings is 1. The Labute approximate surface area is 453 Å². The van der Waals surface area contributed by atoms with Gasteiger partial charge >= 0.3 is 0 Å². The fourth-order valence-corrected chi connectivity index (χ4v) is 15.8. The molecule has 0 saturated carbocycles. The van der Waals surface area contributed by atoms with E-state index in [1.54, 1.807) is 29.0 Å². The Balaban J connectivity index is 0.00000645. The van der Waals surface area contributed by atoms with E-state index in [9.17, 15) is 5.48 Å². The summed E-state index contributed by atoms with van der Waals surface area (Å²) in [5.74, 6) is 1.50. The molecule has 0 radical (unpaired) electrons. The molecule has 0 unspecified atom stereocenters. The Morgan fingerprint density at radius 1 is 0.507 bits per heavy atom. The maximum Gasteiger partial charge on any atom is 0.268 e. The van der Waals surface area contributed by atoms with E-state index in [-0.39, 0.29) is 49.0 Å². The summed E-state index contributed by atoms with van der Waals surface area (Å²) >= 11 is 0. The maximum atomic E-state index is 9.39. The molecular weight excluding hydrogens is 1090 g/mol. The van der Waals surface area contributed by atoms with E-state index >= 15 is 0 Å². The molecule has 73 heavy (non-hydrogen) atoms. The molecule has 0 saturated heterocycles. The number of anilines is 2. The van der Waals surface area contributed by atoms with E-state index in [1.165, 1.54) is 0 Å². The zero-order valence-electron chi connectivity index (χ0n) is 48.5. The van der Waals surface area contributed by atoms with Gasteiger partial charge < -0.3 is 14.2 Å². The molecule has 2 aliphatic heterocycles. The summed E-state index contributed by atoms with van der Waals surface area (Å²) in [6.07, 6.45) is 5.56. The molecular formula is C66H42N4OPtSi-2. The monoisotopic (exact) mass is 1140 g/mol. The number of hydrogen-bond acceptors (Lipinski definition) is 3. The van der Waals surface area contributed by atoms with Crippen LogP contribution in [0.3, 0.4) is 0 Å². The molecule has 10 aromatic carbocycles. The van der Waals surface area contributed by atoms with E-state index in [4.69, 9.17) is 17.9 Å². The first-order valence-electron chi connectivity index (χ1n) is 28.5. The molecule has 0 amide bonds. The fraction of sp³-hybridized carbons (Fsp3) is 0. The number of benzene rings is 10. The van der Waals surface area contributed by atoms with Gasteiger partial charge in [-0.15, -0.1) is 34.8 Å². The van der Waals surface area contributed by atoms with Gasteiger partial charge in [-0.3, -0.25) is 4.58 Å². The second-order valence-corrected chi connectivity index (χ2v) is 21.2. The van der Waals surface area contributed by atoms with Crippen LogP contribution in [-0.2, 0) is 21.1 Å². The number of nitrogens with zero attached hydrogens (tertiary/aromatic N) is 4. The molecule has 5 nitrogen and oxygen atoms in total. The van der Waals surface area contributed by atoms with Crippen molar-refractivity contribution in [1.29, 1.82) is 0 Å². The van der Waals surface area contributed by atoms with Crippen LogP contribution in [0.4, 0.5) is 22.7 Å². The number of para-hydroxylation sites is 4. The minimum Gasteiger partial charge on any atom is -0.510 e. The molecule has 0 aliphatic carbocycles. The summed E-state index contributed by atoms with van der Waals surface area (Å²) in [5, 5.41) is 6.15. The Morgan fingerprint density at radius 2 is 1.11 bits per heavy atom. The average Bonchev–Trinajstić information content (AvgIpc) is 1.79. The van der Waals surface area contributed by atoms with Crippen LogP contribution in [0.15, 0.2) is 255 Å². The van der Waals surface area contributed by atoms with Crippen molar-refractivity contribution in [3.05, 3.63) is 267 Å². The summed E-state index contributed by atoms with van der Waals surface area (Å²) < 4.78 is 101. The average molecular weight is 1140 g/mol. The number of fused-ring (bicyclic) bond motifs is 7. The molecule has 2 aromatic heterocycles. The van der Waals surface area contributed by atoms with Crippen molar-refractivity contribution < 1.29 is 39.5 Å². The normalized spacial score (nSPS) is 14.9. The molecule has 14 rings (SSSR count). The number of ether oxygens (including phenoxy) is 1. The van der Waals surface area contributed by atoms with Crippen LogP contribution in [-0.4, -0.2) is 24.0 Å². The minimum absolute atomic E-state index is 0. The van der Waals surface area contributed by atoms with Crippen LogP contribution in [0.5, 0.6) is 11.5 Å². The van der Waals surface area contributed by atoms with Crippen LogP contribution in [0.2, 0.25) is 0 Å². The molecule has 0 N–H and O–H groups in total. The van der Waals surface area contributed by atoms with E-state index in [1.807, 2.05) is 89.8 Å². The smallest absolute Gasteiger partial charge is 0.268 e. The summed E-state index contributed by atoms with van der Waals surface area (Å²) in [6, 6.07) is 63.7. The molecule has 0 spiro atoms. The minimum atomic E-state index is -3.41. The van der Waals surface area contributed by atoms with Crippen molar-refractivity contribution in [2.45, 2.75) is 0 Å². The molecule has 0 fully saturated rings. The molecule has 2 aliphatic rings. The molecule has 4 heterocycles. The zero-order chi connectivity index (χ0) is 56.3. The maximum absolute atomic E-state index is 9.39. The van der Waals surface area contributed by atoms with Gasteiger partial charge in [-0.25, -0.2) is 4.98 Å². The van der Waals surface area contributed by atoms with Crippen molar-refractivity contribution in [1.82, 2.24) is 14.1 Å². The quantitative estimate of drug-likeness (QED) is 0.0864. The predicted octanol–water partition coefficient (Wildman–Crippen LogP) is 13.2. The second-order valence-electron chi connectivity index (χ2n) is 17.5. The van der Waals surface area contributed by atoms with Crippen molar-refractivity contribution in [2.75, 3.05) is 4.90 Å². The first kappa shape index (κ1) is 34.6. The van der Waals surface area contributed by atoms with Gasteiger partial charge in [-0.05, 0) is 73.9 Å². The third kappa shape index (κ3) is 7.09. The second kappa shape index (κ2) is 18.2. The Kier molecular flexibility index (Phi) is 8.62. The van der Waals surface area contributed by atoms with Crippen molar-refractivity contribution in [2.24, 2.45) is 0 Å². The van der Waals surface area contributed by atoms with Crippen LogP contribution in [0.25, 0.3) is 61.0 Å². The van der Waals surface area contributed by atoms with Gasteiger partial charge in [0.05, 0.1) is 30.8 Å². The Bertz CT molecular complexity index is 4510. The predicted molar refractivity (Wildman–Crippen MR) is 298 cm³/mol. The Morgan fingerprint density at radius 3 is 1.82 bits per heavy atom. The van der Waals surface area contributed by atoms with Gasteiger partial charge in [-0.2, -0.15) is 12.1 Å². The first-order chi connectivity index (χ1) is 39.9. The van der Waals surface area contributed by atoms with Gasteiger partial charge in [0.25, 0.3) is 6.34 Å². The van der Waals surface area contributed by atoms with Gasteiger partial charge in [0.1, 0.15) is 13.9 Å². The first-order valence-corrected chi connectivity index (χ1v) is 25.5. The van der Waals surface area contributed by atoms with Crippen molar-refractivity contribution in [3.8, 4) is 50.7 Å². The molecule has 12 aromatic rings. The van der Waals surface area contributed by atoms with Gasteiger partial charge in [0, 0.05) is 44.3 Å². The van der Waals surface area contributed by atoms with Crippen LogP contribution in [0.1, 0.15) is 13.7 Å². The molecule has 0 atom stereocenters. The van der Waals surface area contributed by atoms with Crippen molar-refractivity contribution in [3.63, 3.8) is 0 Å². The molecule has 348 valence electrons. The third-order valence-corrected chi connectivity index (χ3v) is 18.5. The Hall–Kier alpha value is -8.67. The van der Waals surface area contributed by atoms with Crippen LogP contribution in [0, 0.1) is 12.1 Å². The van der Waals surface area contributed by atoms with E-state index in [2.05, 4.69) is 108 Å². The fourth-order valence-electron chi connectivity index (χ4n) is 10.8. The third-order valence-electron chi connectivity index (χ3n) is 13.7. The number of aromatic nitrogens is 2. The van der Waals surface area contributed by atoms with Crippen LogP contribution < -0.4 is 35.0 Å². The topological polar surface area (TPSA) is 33.3 Å². The summed E-state index contributed by atoms with van der Waals surface area (Å²) in [5.41, 5.74) is 5.21. The number of hydrogen-bond donors (Lipinski definition) is 0.